The van der Waals surface area contributed by atoms with Crippen molar-refractivity contribution in [3.8, 4) is 23.0 Å². The van der Waals surface area contributed by atoms with Crippen LogP contribution in [0.15, 0.2) is 42.5 Å². The van der Waals surface area contributed by atoms with Gasteiger partial charge in [0.15, 0.2) is 54.3 Å². The van der Waals surface area contributed by atoms with Gasteiger partial charge in [-0.15, -0.1) is 0 Å². The predicted octanol–water partition coefficient (Wildman–Crippen LogP) is -4.43. The topological polar surface area (TPSA) is 372 Å². The van der Waals surface area contributed by atoms with Crippen LogP contribution in [0.4, 0.5) is 0 Å². The summed E-state index contributed by atoms with van der Waals surface area (Å²) in [6, 6.07) is 8.17. The second kappa shape index (κ2) is 22.3. The molecule has 2 aromatic carbocycles. The van der Waals surface area contributed by atoms with Gasteiger partial charge in [-0.1, -0.05) is 12.1 Å². The lowest BCUT2D eigenvalue weighted by atomic mass is 9.96. The van der Waals surface area contributed by atoms with Crippen LogP contribution in [0.2, 0.25) is 0 Å². The van der Waals surface area contributed by atoms with Crippen LogP contribution in [0, 0.1) is 0 Å². The van der Waals surface area contributed by atoms with Gasteiger partial charge in [0.2, 0.25) is 0 Å². The van der Waals surface area contributed by atoms with Gasteiger partial charge < -0.3 is 114 Å². The maximum Gasteiger partial charge on any atom is 0.331 e. The normalized spacial score (nSPS) is 39.0. The average Bonchev–Trinajstić information content (AvgIpc) is 3.28. The SMILES string of the molecule is COc1cc(C=CC(=O)O[C@@H]2[C@@H](O[C@@H]3O[C@@H](C)[C@@H](O)[C@@H](O)[C@H]3O[C@H]3OC[C@H](O)[C@@H](O)[C@@H]3O)[C@H](O)[C@@H](OCCc3ccc(O)c(O)c3)O[C@H]2CO[C@H]2O[C@@H](CO)[C@H](O)[C@@H](O)[C@@H]2O)ccc1O. The molecule has 0 spiro atoms. The molecular weight excluding hydrogens is 876 g/mol. The van der Waals surface area contributed by atoms with E-state index in [-0.39, 0.29) is 30.3 Å². The second-order valence-corrected chi connectivity index (χ2v) is 15.8. The summed E-state index contributed by atoms with van der Waals surface area (Å²) in [5, 5.41) is 136. The predicted molar refractivity (Wildman–Crippen MR) is 211 cm³/mol. The monoisotopic (exact) mass is 932 g/mol. The lowest BCUT2D eigenvalue weighted by Gasteiger charge is -2.48. The molecule has 0 aliphatic carbocycles. The summed E-state index contributed by atoms with van der Waals surface area (Å²) in [5.74, 6) is -1.99. The van der Waals surface area contributed by atoms with Crippen LogP contribution >= 0.6 is 0 Å². The number of phenols is 3. The van der Waals surface area contributed by atoms with Gasteiger partial charge in [-0.2, -0.15) is 0 Å². The first kappa shape index (κ1) is 50.5. The molecule has 24 nitrogen and oxygen atoms in total. The number of rotatable bonds is 16. The number of hydrogen-bond acceptors (Lipinski definition) is 24. The maximum atomic E-state index is 13.7. The van der Waals surface area contributed by atoms with Crippen molar-refractivity contribution in [2.75, 3.05) is 33.5 Å². The van der Waals surface area contributed by atoms with E-state index in [1.807, 2.05) is 0 Å². The number of benzene rings is 2. The molecular formula is C41H56O24. The Labute approximate surface area is 370 Å². The molecule has 2 aromatic rings. The van der Waals surface area contributed by atoms with E-state index in [4.69, 9.17) is 47.4 Å². The third-order valence-corrected chi connectivity index (χ3v) is 11.3. The summed E-state index contributed by atoms with van der Waals surface area (Å²) in [5.41, 5.74) is 0.844. The molecule has 0 radical (unpaired) electrons. The molecule has 4 heterocycles. The highest BCUT2D eigenvalue weighted by molar-refractivity contribution is 5.87. The van der Waals surface area contributed by atoms with Gasteiger partial charge in [0.05, 0.1) is 39.6 Å². The van der Waals surface area contributed by atoms with Crippen LogP contribution in [0.3, 0.4) is 0 Å². The van der Waals surface area contributed by atoms with Gasteiger partial charge in [-0.3, -0.25) is 0 Å². The zero-order chi connectivity index (χ0) is 47.3. The molecule has 4 fully saturated rings. The molecule has 13 N–H and O–H groups in total. The summed E-state index contributed by atoms with van der Waals surface area (Å²) in [6.45, 7) is -0.924. The quantitative estimate of drug-likeness (QED) is 0.0429. The number of ether oxygens (including phenoxy) is 10. The lowest BCUT2D eigenvalue weighted by Crippen LogP contribution is -2.66. The molecule has 6 rings (SSSR count). The fourth-order valence-electron chi connectivity index (χ4n) is 7.48. The summed E-state index contributed by atoms with van der Waals surface area (Å²) < 4.78 is 57.7. The lowest BCUT2D eigenvalue weighted by molar-refractivity contribution is -0.383. The van der Waals surface area contributed by atoms with Gasteiger partial charge in [-0.05, 0) is 54.8 Å². The molecule has 0 amide bonds. The minimum Gasteiger partial charge on any atom is -0.504 e. The Morgan fingerprint density at radius 3 is 2.06 bits per heavy atom. The number of aliphatic hydroxyl groups excluding tert-OH is 10. The molecule has 4 saturated heterocycles. The number of carbonyl (C=O) groups excluding carboxylic acids is 1. The van der Waals surface area contributed by atoms with Crippen LogP contribution in [-0.4, -0.2) is 223 Å². The molecule has 4 aliphatic rings. The largest absolute Gasteiger partial charge is 0.504 e. The number of carbonyl (C=O) groups is 1. The van der Waals surface area contributed by atoms with Crippen molar-refractivity contribution in [3.05, 3.63) is 53.6 Å². The van der Waals surface area contributed by atoms with E-state index >= 15 is 0 Å². The maximum absolute atomic E-state index is 13.7. The number of phenolic OH excluding ortho intramolecular Hbond substituents is 3. The van der Waals surface area contributed by atoms with E-state index in [2.05, 4.69) is 0 Å². The number of aromatic hydroxyl groups is 3. The minimum atomic E-state index is -1.95. The van der Waals surface area contributed by atoms with E-state index in [0.717, 1.165) is 6.08 Å². The van der Waals surface area contributed by atoms with Gasteiger partial charge >= 0.3 is 5.97 Å². The van der Waals surface area contributed by atoms with Gasteiger partial charge in [-0.25, -0.2) is 4.79 Å². The molecule has 0 bridgehead atoms. The molecule has 364 valence electrons. The highest BCUT2D eigenvalue weighted by atomic mass is 16.8. The first-order valence-corrected chi connectivity index (χ1v) is 20.5. The minimum absolute atomic E-state index is 0.0662. The highest BCUT2D eigenvalue weighted by Crippen LogP contribution is 2.35. The van der Waals surface area contributed by atoms with Gasteiger partial charge in [0, 0.05) is 6.08 Å². The summed E-state index contributed by atoms with van der Waals surface area (Å²) in [4.78, 5) is 13.7. The van der Waals surface area contributed by atoms with Crippen LogP contribution in [-0.2, 0) is 53.8 Å². The van der Waals surface area contributed by atoms with Crippen LogP contribution in [0.25, 0.3) is 6.08 Å². The molecule has 24 heteroatoms. The molecule has 0 saturated carbocycles. The molecule has 0 unspecified atom stereocenters. The molecule has 65 heavy (non-hydrogen) atoms. The molecule has 4 aliphatic heterocycles. The highest BCUT2D eigenvalue weighted by Gasteiger charge is 2.55. The second-order valence-electron chi connectivity index (χ2n) is 15.8. The van der Waals surface area contributed by atoms with E-state index in [1.54, 1.807) is 0 Å². The fraction of sp³-hybridized carbons (Fsp3) is 0.634. The van der Waals surface area contributed by atoms with Crippen molar-refractivity contribution in [1.29, 1.82) is 0 Å². The van der Waals surface area contributed by atoms with Crippen LogP contribution in [0.1, 0.15) is 18.1 Å². The van der Waals surface area contributed by atoms with Crippen molar-refractivity contribution in [1.82, 2.24) is 0 Å². The van der Waals surface area contributed by atoms with E-state index < -0.39 is 148 Å². The standard InChI is InChI=1S/C41H56O24/c1-16-27(48)31(52)37(65-39-32(53)28(49)22(46)14-58-39)41(60-16)64-36-34(55)40(57-10-9-18-3-6-19(43)21(45)11-18)62-25(15-59-38-33(54)30(51)29(50)24(13-42)61-38)35(36)63-26(47)8-5-17-4-7-20(44)23(12-17)56-2/h3-8,11-12,16,22,24-25,27-46,48-55H,9-10,13-15H2,1-2H3/t16-,22-,24-,25-,27+,28+,29-,30+,31+,32-,33-,34-,35-,36-,37+,38-,39+,40-,41-/m0/s1. The van der Waals surface area contributed by atoms with Crippen LogP contribution < -0.4 is 4.74 Å². The van der Waals surface area contributed by atoms with Crippen molar-refractivity contribution in [2.45, 2.75) is 130 Å². The average molecular weight is 933 g/mol. The molecule has 0 aromatic heterocycles. The third kappa shape index (κ3) is 11.8. The molecule has 19 atom stereocenters. The third-order valence-electron chi connectivity index (χ3n) is 11.3. The van der Waals surface area contributed by atoms with Crippen molar-refractivity contribution in [3.63, 3.8) is 0 Å². The summed E-state index contributed by atoms with van der Waals surface area (Å²) in [6.07, 6.45) is -30.4. The smallest absolute Gasteiger partial charge is 0.331 e. The Morgan fingerprint density at radius 1 is 0.677 bits per heavy atom. The Morgan fingerprint density at radius 2 is 1.35 bits per heavy atom. The fourth-order valence-corrected chi connectivity index (χ4v) is 7.48. The van der Waals surface area contributed by atoms with E-state index in [0.29, 0.717) is 11.1 Å². The number of aliphatic hydroxyl groups is 10. The Balaban J connectivity index is 1.33. The zero-order valence-electron chi connectivity index (χ0n) is 34.9. The Hall–Kier alpha value is -3.87. The first-order chi connectivity index (χ1) is 30.9. The van der Waals surface area contributed by atoms with Gasteiger partial charge in [0.1, 0.15) is 79.4 Å². The van der Waals surface area contributed by atoms with E-state index in [1.165, 1.54) is 56.5 Å². The van der Waals surface area contributed by atoms with E-state index in [9.17, 15) is 71.2 Å². The Bertz CT molecular complexity index is 1880. The number of esters is 1. The summed E-state index contributed by atoms with van der Waals surface area (Å²) >= 11 is 0. The van der Waals surface area contributed by atoms with Crippen molar-refractivity contribution < 1.29 is 119 Å². The number of methoxy groups -OCH3 is 1. The zero-order valence-corrected chi connectivity index (χ0v) is 34.9. The summed E-state index contributed by atoms with van der Waals surface area (Å²) in [7, 11) is 1.32. The van der Waals surface area contributed by atoms with Gasteiger partial charge in [0.25, 0.3) is 0 Å². The van der Waals surface area contributed by atoms with Crippen molar-refractivity contribution >= 4 is 12.0 Å². The number of hydrogen-bond donors (Lipinski definition) is 13. The van der Waals surface area contributed by atoms with Crippen molar-refractivity contribution in [2.24, 2.45) is 0 Å². The van der Waals surface area contributed by atoms with Crippen LogP contribution in [0.5, 0.6) is 23.0 Å². The Kier molecular flexibility index (Phi) is 17.3. The first-order valence-electron chi connectivity index (χ1n) is 20.5.